The molecule has 3 nitrogen and oxygen atoms in total. The van der Waals surface area contributed by atoms with Gasteiger partial charge in [0.25, 0.3) is 0 Å². The van der Waals surface area contributed by atoms with E-state index >= 15 is 0 Å². The van der Waals surface area contributed by atoms with E-state index in [9.17, 15) is 23.3 Å². The van der Waals surface area contributed by atoms with Crippen molar-refractivity contribution < 1.29 is 18.1 Å². The van der Waals surface area contributed by atoms with Crippen molar-refractivity contribution in [2.45, 2.75) is 38.4 Å². The molecule has 0 amide bonds. The van der Waals surface area contributed by atoms with Crippen LogP contribution in [0.25, 0.3) is 0 Å². The van der Waals surface area contributed by atoms with Crippen molar-refractivity contribution in [3.63, 3.8) is 0 Å². The molecule has 0 spiro atoms. The quantitative estimate of drug-likeness (QED) is 0.494. The van der Waals surface area contributed by atoms with Crippen LogP contribution in [-0.4, -0.2) is 17.1 Å². The predicted molar refractivity (Wildman–Crippen MR) is 43.3 cm³/mol. The molecule has 82 valence electrons. The SMILES string of the molecule is CC1C([N+](=O)[O-])CCCC1C(F)(F)F. The van der Waals surface area contributed by atoms with Crippen LogP contribution in [0, 0.1) is 22.0 Å². The zero-order valence-corrected chi connectivity index (χ0v) is 7.75. The molecule has 14 heavy (non-hydrogen) atoms. The number of alkyl halides is 3. The van der Waals surface area contributed by atoms with Crippen molar-refractivity contribution in [2.24, 2.45) is 11.8 Å². The Bertz CT molecular complexity index is 229. The Morgan fingerprint density at radius 3 is 2.36 bits per heavy atom. The molecule has 3 unspecified atom stereocenters. The minimum atomic E-state index is -4.30. The first-order chi connectivity index (χ1) is 6.34. The van der Waals surface area contributed by atoms with Crippen LogP contribution in [0.1, 0.15) is 26.2 Å². The summed E-state index contributed by atoms with van der Waals surface area (Å²) in [5.74, 6) is -2.41. The van der Waals surface area contributed by atoms with E-state index in [1.165, 1.54) is 6.92 Å². The largest absolute Gasteiger partial charge is 0.392 e. The summed E-state index contributed by atoms with van der Waals surface area (Å²) in [6, 6.07) is -1.03. The van der Waals surface area contributed by atoms with Crippen LogP contribution >= 0.6 is 0 Å². The molecule has 0 aromatic heterocycles. The lowest BCUT2D eigenvalue weighted by molar-refractivity contribution is -0.539. The summed E-state index contributed by atoms with van der Waals surface area (Å²) in [7, 11) is 0. The number of nitro groups is 1. The molecule has 6 heteroatoms. The topological polar surface area (TPSA) is 43.1 Å². The van der Waals surface area contributed by atoms with Crippen molar-refractivity contribution >= 4 is 0 Å². The normalized spacial score (nSPS) is 34.1. The first-order valence-electron chi connectivity index (χ1n) is 4.54. The smallest absolute Gasteiger partial charge is 0.264 e. The van der Waals surface area contributed by atoms with Gasteiger partial charge >= 0.3 is 6.18 Å². The Balaban J connectivity index is 2.76. The van der Waals surface area contributed by atoms with Gasteiger partial charge in [0.1, 0.15) is 0 Å². The minimum Gasteiger partial charge on any atom is -0.264 e. The highest BCUT2D eigenvalue weighted by Gasteiger charge is 2.50. The first-order valence-corrected chi connectivity index (χ1v) is 4.54. The Morgan fingerprint density at radius 1 is 1.36 bits per heavy atom. The average Bonchev–Trinajstić information content (AvgIpc) is 2.01. The molecule has 1 aliphatic carbocycles. The lowest BCUT2D eigenvalue weighted by Gasteiger charge is -2.32. The van der Waals surface area contributed by atoms with Crippen molar-refractivity contribution in [1.82, 2.24) is 0 Å². The van der Waals surface area contributed by atoms with Crippen LogP contribution < -0.4 is 0 Å². The highest BCUT2D eigenvalue weighted by molar-refractivity contribution is 4.83. The highest BCUT2D eigenvalue weighted by atomic mass is 19.4. The molecule has 1 saturated carbocycles. The molecule has 1 rings (SSSR count). The highest BCUT2D eigenvalue weighted by Crippen LogP contribution is 2.41. The van der Waals surface area contributed by atoms with Crippen molar-refractivity contribution in [3.05, 3.63) is 10.1 Å². The van der Waals surface area contributed by atoms with E-state index in [0.717, 1.165) is 0 Å². The van der Waals surface area contributed by atoms with Gasteiger partial charge in [-0.2, -0.15) is 13.2 Å². The van der Waals surface area contributed by atoms with E-state index < -0.39 is 29.0 Å². The van der Waals surface area contributed by atoms with Gasteiger partial charge in [-0.15, -0.1) is 0 Å². The molecule has 1 fully saturated rings. The molecule has 0 bridgehead atoms. The molecule has 0 aromatic rings. The lowest BCUT2D eigenvalue weighted by Crippen LogP contribution is -2.42. The summed E-state index contributed by atoms with van der Waals surface area (Å²) in [4.78, 5) is 9.89. The standard InChI is InChI=1S/C8H12F3NO2/c1-5-6(8(9,10)11)3-2-4-7(5)12(13)14/h5-7H,2-4H2,1H3. The molecule has 1 aliphatic rings. The third kappa shape index (κ3) is 2.16. The number of halogens is 3. The Labute approximate surface area is 79.4 Å². The van der Waals surface area contributed by atoms with Crippen LogP contribution in [0.2, 0.25) is 0 Å². The maximum absolute atomic E-state index is 12.4. The van der Waals surface area contributed by atoms with Crippen LogP contribution in [0.15, 0.2) is 0 Å². The van der Waals surface area contributed by atoms with E-state index in [0.29, 0.717) is 6.42 Å². The molecular weight excluding hydrogens is 199 g/mol. The van der Waals surface area contributed by atoms with E-state index in [1.807, 2.05) is 0 Å². The summed E-state index contributed by atoms with van der Waals surface area (Å²) >= 11 is 0. The summed E-state index contributed by atoms with van der Waals surface area (Å²) in [5.41, 5.74) is 0. The van der Waals surface area contributed by atoms with Gasteiger partial charge in [0.15, 0.2) is 0 Å². The average molecular weight is 211 g/mol. The monoisotopic (exact) mass is 211 g/mol. The van der Waals surface area contributed by atoms with Crippen LogP contribution in [0.4, 0.5) is 13.2 Å². The van der Waals surface area contributed by atoms with E-state index in [2.05, 4.69) is 0 Å². The molecular formula is C8H12F3NO2. The molecule has 0 N–H and O–H groups in total. The van der Waals surface area contributed by atoms with Crippen LogP contribution in [0.5, 0.6) is 0 Å². The van der Waals surface area contributed by atoms with Gasteiger partial charge < -0.3 is 0 Å². The zero-order chi connectivity index (χ0) is 10.9. The van der Waals surface area contributed by atoms with Crippen LogP contribution in [-0.2, 0) is 0 Å². The Morgan fingerprint density at radius 2 is 1.93 bits per heavy atom. The fraction of sp³-hybridized carbons (Fsp3) is 1.00. The maximum atomic E-state index is 12.4. The van der Waals surface area contributed by atoms with E-state index in [1.54, 1.807) is 0 Å². The second-order valence-corrected chi connectivity index (χ2v) is 3.79. The zero-order valence-electron chi connectivity index (χ0n) is 7.75. The van der Waals surface area contributed by atoms with Gasteiger partial charge in [-0.1, -0.05) is 6.92 Å². The van der Waals surface area contributed by atoms with Crippen molar-refractivity contribution in [1.29, 1.82) is 0 Å². The molecule has 0 aromatic carbocycles. The third-order valence-electron chi connectivity index (χ3n) is 2.95. The summed E-state index contributed by atoms with van der Waals surface area (Å²) < 4.78 is 37.2. The van der Waals surface area contributed by atoms with Gasteiger partial charge in [0, 0.05) is 17.3 Å². The van der Waals surface area contributed by atoms with E-state index in [4.69, 9.17) is 0 Å². The predicted octanol–water partition coefficient (Wildman–Crippen LogP) is 2.63. The molecule has 0 saturated heterocycles. The van der Waals surface area contributed by atoms with Crippen LogP contribution in [0.3, 0.4) is 0 Å². The van der Waals surface area contributed by atoms with Gasteiger partial charge in [-0.25, -0.2) is 0 Å². The fourth-order valence-electron chi connectivity index (χ4n) is 2.10. The Hall–Kier alpha value is -0.810. The van der Waals surface area contributed by atoms with Crippen molar-refractivity contribution in [3.8, 4) is 0 Å². The fourth-order valence-corrected chi connectivity index (χ4v) is 2.10. The number of nitrogens with zero attached hydrogens (tertiary/aromatic N) is 1. The second kappa shape index (κ2) is 3.74. The van der Waals surface area contributed by atoms with Gasteiger partial charge in [-0.3, -0.25) is 10.1 Å². The molecule has 0 heterocycles. The lowest BCUT2D eigenvalue weighted by atomic mass is 9.77. The van der Waals surface area contributed by atoms with E-state index in [-0.39, 0.29) is 12.8 Å². The number of rotatable bonds is 1. The number of hydrogen-bond acceptors (Lipinski definition) is 2. The van der Waals surface area contributed by atoms with Crippen molar-refractivity contribution in [2.75, 3.05) is 0 Å². The summed E-state index contributed by atoms with van der Waals surface area (Å²) in [6.07, 6.45) is -3.72. The summed E-state index contributed by atoms with van der Waals surface area (Å²) in [6.45, 7) is 1.32. The number of hydrogen-bond donors (Lipinski definition) is 0. The van der Waals surface area contributed by atoms with Gasteiger partial charge in [0.05, 0.1) is 5.92 Å². The molecule has 3 atom stereocenters. The minimum absolute atomic E-state index is 0.0228. The molecule has 0 aliphatic heterocycles. The first kappa shape index (κ1) is 11.3. The second-order valence-electron chi connectivity index (χ2n) is 3.79. The van der Waals surface area contributed by atoms with Gasteiger partial charge in [0.2, 0.25) is 6.04 Å². The summed E-state index contributed by atoms with van der Waals surface area (Å²) in [5, 5.41) is 10.5. The third-order valence-corrected chi connectivity index (χ3v) is 2.95. The Kier molecular flexibility index (Phi) is 3.01. The van der Waals surface area contributed by atoms with Gasteiger partial charge in [-0.05, 0) is 12.8 Å². The molecule has 0 radical (unpaired) electrons. The maximum Gasteiger partial charge on any atom is 0.392 e.